The highest BCUT2D eigenvalue weighted by Gasteiger charge is 2.10. The van der Waals surface area contributed by atoms with Gasteiger partial charge in [-0.2, -0.15) is 0 Å². The van der Waals surface area contributed by atoms with Crippen LogP contribution >= 0.6 is 0 Å². The van der Waals surface area contributed by atoms with Gasteiger partial charge in [0.25, 0.3) is 0 Å². The predicted octanol–water partition coefficient (Wildman–Crippen LogP) is 2.11. The number of rotatable bonds is 6. The topological polar surface area (TPSA) is 38.5 Å². The fourth-order valence-corrected chi connectivity index (χ4v) is 1.77. The Morgan fingerprint density at radius 3 is 2.29 bits per heavy atom. The second-order valence-corrected chi connectivity index (χ2v) is 4.88. The number of ether oxygens (including phenoxy) is 1. The van der Waals surface area contributed by atoms with Gasteiger partial charge in [0.1, 0.15) is 5.75 Å². The summed E-state index contributed by atoms with van der Waals surface area (Å²) in [4.78, 5) is 2.30. The van der Waals surface area contributed by atoms with Gasteiger partial charge >= 0.3 is 0 Å². The van der Waals surface area contributed by atoms with E-state index in [1.807, 2.05) is 12.1 Å². The van der Waals surface area contributed by atoms with E-state index in [0.29, 0.717) is 5.92 Å². The van der Waals surface area contributed by atoms with Crippen molar-refractivity contribution in [1.82, 2.24) is 4.90 Å². The number of methoxy groups -OCH3 is 1. The van der Waals surface area contributed by atoms with Gasteiger partial charge in [0.15, 0.2) is 0 Å². The quantitative estimate of drug-likeness (QED) is 0.822. The molecule has 0 spiro atoms. The van der Waals surface area contributed by atoms with Crippen LogP contribution in [-0.4, -0.2) is 31.6 Å². The highest BCUT2D eigenvalue weighted by atomic mass is 16.5. The Morgan fingerprint density at radius 2 is 1.82 bits per heavy atom. The molecule has 0 aliphatic carbocycles. The SMILES string of the molecule is COc1ccc(CN(C)CC(C)C(C)N)cc1. The third kappa shape index (κ3) is 4.75. The standard InChI is InChI=1S/C14H24N2O/c1-11(12(2)15)9-16(3)10-13-5-7-14(17-4)8-6-13/h5-8,11-12H,9-10,15H2,1-4H3. The largest absolute Gasteiger partial charge is 0.497 e. The first-order valence-electron chi connectivity index (χ1n) is 6.10. The molecular formula is C14H24N2O. The molecule has 2 unspecified atom stereocenters. The highest BCUT2D eigenvalue weighted by Crippen LogP contribution is 2.13. The molecule has 0 radical (unpaired) electrons. The van der Waals surface area contributed by atoms with Gasteiger partial charge in [-0.25, -0.2) is 0 Å². The second kappa shape index (κ2) is 6.62. The van der Waals surface area contributed by atoms with E-state index in [1.54, 1.807) is 7.11 Å². The summed E-state index contributed by atoms with van der Waals surface area (Å²) in [5, 5.41) is 0. The lowest BCUT2D eigenvalue weighted by Crippen LogP contribution is -2.34. The van der Waals surface area contributed by atoms with Crippen LogP contribution in [-0.2, 0) is 6.54 Å². The molecular weight excluding hydrogens is 212 g/mol. The molecule has 3 heteroatoms. The Hall–Kier alpha value is -1.06. The minimum atomic E-state index is 0.244. The fourth-order valence-electron chi connectivity index (χ4n) is 1.77. The van der Waals surface area contributed by atoms with E-state index >= 15 is 0 Å². The van der Waals surface area contributed by atoms with Gasteiger partial charge in [0.05, 0.1) is 7.11 Å². The number of benzene rings is 1. The van der Waals surface area contributed by atoms with E-state index < -0.39 is 0 Å². The van der Waals surface area contributed by atoms with Crippen LogP contribution in [0, 0.1) is 5.92 Å². The maximum Gasteiger partial charge on any atom is 0.118 e. The highest BCUT2D eigenvalue weighted by molar-refractivity contribution is 5.27. The first kappa shape index (κ1) is 14.0. The van der Waals surface area contributed by atoms with Crippen LogP contribution in [0.4, 0.5) is 0 Å². The molecule has 0 fully saturated rings. The predicted molar refractivity (Wildman–Crippen MR) is 72.1 cm³/mol. The van der Waals surface area contributed by atoms with Crippen molar-refractivity contribution in [3.8, 4) is 5.75 Å². The molecule has 0 saturated heterocycles. The Labute approximate surface area is 105 Å². The summed E-state index contributed by atoms with van der Waals surface area (Å²) in [6.45, 7) is 6.21. The van der Waals surface area contributed by atoms with Crippen LogP contribution in [0.5, 0.6) is 5.75 Å². The smallest absolute Gasteiger partial charge is 0.118 e. The average molecular weight is 236 g/mol. The van der Waals surface area contributed by atoms with Crippen molar-refractivity contribution in [1.29, 1.82) is 0 Å². The van der Waals surface area contributed by atoms with Crippen LogP contribution in [0.1, 0.15) is 19.4 Å². The van der Waals surface area contributed by atoms with Crippen molar-refractivity contribution in [3.05, 3.63) is 29.8 Å². The zero-order chi connectivity index (χ0) is 12.8. The minimum absolute atomic E-state index is 0.244. The van der Waals surface area contributed by atoms with Crippen LogP contribution in [0.15, 0.2) is 24.3 Å². The summed E-state index contributed by atoms with van der Waals surface area (Å²) >= 11 is 0. The molecule has 0 aromatic heterocycles. The molecule has 0 aliphatic heterocycles. The van der Waals surface area contributed by atoms with Crippen molar-refractivity contribution in [2.75, 3.05) is 20.7 Å². The van der Waals surface area contributed by atoms with Crippen molar-refractivity contribution < 1.29 is 4.74 Å². The number of nitrogens with two attached hydrogens (primary N) is 1. The summed E-state index contributed by atoms with van der Waals surface area (Å²) in [5.41, 5.74) is 7.17. The molecule has 3 nitrogen and oxygen atoms in total. The van der Waals surface area contributed by atoms with Gasteiger partial charge in [-0.1, -0.05) is 19.1 Å². The average Bonchev–Trinajstić information content (AvgIpc) is 2.29. The van der Waals surface area contributed by atoms with Crippen molar-refractivity contribution in [3.63, 3.8) is 0 Å². The number of hydrogen-bond acceptors (Lipinski definition) is 3. The van der Waals surface area contributed by atoms with E-state index in [4.69, 9.17) is 10.5 Å². The van der Waals surface area contributed by atoms with Crippen LogP contribution < -0.4 is 10.5 Å². The van der Waals surface area contributed by atoms with Crippen molar-refractivity contribution in [2.45, 2.75) is 26.4 Å². The minimum Gasteiger partial charge on any atom is -0.497 e. The molecule has 96 valence electrons. The van der Waals surface area contributed by atoms with Gasteiger partial charge < -0.3 is 15.4 Å². The number of hydrogen-bond donors (Lipinski definition) is 1. The van der Waals surface area contributed by atoms with Gasteiger partial charge in [0, 0.05) is 19.1 Å². The van der Waals surface area contributed by atoms with E-state index in [0.717, 1.165) is 18.8 Å². The molecule has 1 rings (SSSR count). The van der Waals surface area contributed by atoms with Gasteiger partial charge in [-0.15, -0.1) is 0 Å². The first-order valence-corrected chi connectivity index (χ1v) is 6.10. The Balaban J connectivity index is 2.47. The van der Waals surface area contributed by atoms with Crippen LogP contribution in [0.3, 0.4) is 0 Å². The Bertz CT molecular complexity index is 321. The van der Waals surface area contributed by atoms with Gasteiger partial charge in [0.2, 0.25) is 0 Å². The van der Waals surface area contributed by atoms with Gasteiger partial charge in [-0.3, -0.25) is 0 Å². The number of nitrogens with zero attached hydrogens (tertiary/aromatic N) is 1. The normalized spacial score (nSPS) is 14.7. The molecule has 17 heavy (non-hydrogen) atoms. The summed E-state index contributed by atoms with van der Waals surface area (Å²) in [6, 6.07) is 8.45. The molecule has 0 aliphatic rings. The van der Waals surface area contributed by atoms with E-state index in [2.05, 4.69) is 37.9 Å². The molecule has 2 N–H and O–H groups in total. The fraction of sp³-hybridized carbons (Fsp3) is 0.571. The van der Waals surface area contributed by atoms with E-state index in [9.17, 15) is 0 Å². The third-order valence-electron chi connectivity index (χ3n) is 3.11. The van der Waals surface area contributed by atoms with E-state index in [1.165, 1.54) is 5.56 Å². The van der Waals surface area contributed by atoms with Crippen LogP contribution in [0.2, 0.25) is 0 Å². The molecule has 0 bridgehead atoms. The summed E-state index contributed by atoms with van der Waals surface area (Å²) in [6.07, 6.45) is 0. The lowest BCUT2D eigenvalue weighted by Gasteiger charge is -2.23. The summed E-state index contributed by atoms with van der Waals surface area (Å²) in [5.74, 6) is 1.42. The molecule has 2 atom stereocenters. The zero-order valence-corrected chi connectivity index (χ0v) is 11.3. The summed E-state index contributed by atoms with van der Waals surface area (Å²) < 4.78 is 5.14. The third-order valence-corrected chi connectivity index (χ3v) is 3.11. The lowest BCUT2D eigenvalue weighted by molar-refractivity contribution is 0.262. The Kier molecular flexibility index (Phi) is 5.45. The maximum absolute atomic E-state index is 5.87. The van der Waals surface area contributed by atoms with Crippen molar-refractivity contribution in [2.24, 2.45) is 11.7 Å². The molecule has 0 saturated carbocycles. The van der Waals surface area contributed by atoms with Gasteiger partial charge in [-0.05, 0) is 37.6 Å². The molecule has 0 amide bonds. The first-order chi connectivity index (χ1) is 8.02. The molecule has 1 aromatic rings. The van der Waals surface area contributed by atoms with Crippen LogP contribution in [0.25, 0.3) is 0 Å². The maximum atomic E-state index is 5.87. The van der Waals surface area contributed by atoms with E-state index in [-0.39, 0.29) is 6.04 Å². The molecule has 0 heterocycles. The zero-order valence-electron chi connectivity index (χ0n) is 11.3. The second-order valence-electron chi connectivity index (χ2n) is 4.88. The monoisotopic (exact) mass is 236 g/mol. The lowest BCUT2D eigenvalue weighted by atomic mass is 10.0. The molecule has 1 aromatic carbocycles. The summed E-state index contributed by atoms with van der Waals surface area (Å²) in [7, 11) is 3.81. The Morgan fingerprint density at radius 1 is 1.24 bits per heavy atom. The van der Waals surface area contributed by atoms with Crippen molar-refractivity contribution >= 4 is 0 Å².